The fourth-order valence-electron chi connectivity index (χ4n) is 3.58. The summed E-state index contributed by atoms with van der Waals surface area (Å²) in [6.45, 7) is 3.90. The first-order valence-corrected chi connectivity index (χ1v) is 8.89. The first kappa shape index (κ1) is 13.5. The van der Waals surface area contributed by atoms with Gasteiger partial charge in [-0.15, -0.1) is 11.3 Å². The Morgan fingerprint density at radius 3 is 2.95 bits per heavy atom. The van der Waals surface area contributed by atoms with E-state index in [0.29, 0.717) is 17.7 Å². The van der Waals surface area contributed by atoms with E-state index in [1.54, 1.807) is 11.3 Å². The second kappa shape index (κ2) is 4.93. The minimum absolute atomic E-state index is 0.143. The summed E-state index contributed by atoms with van der Waals surface area (Å²) in [7, 11) is 0. The Labute approximate surface area is 131 Å². The summed E-state index contributed by atoms with van der Waals surface area (Å²) in [4.78, 5) is 6.91. The maximum atomic E-state index is 10.1. The number of aromatic nitrogens is 2. The van der Waals surface area contributed by atoms with Crippen molar-refractivity contribution in [2.45, 2.75) is 25.9 Å². The first-order valence-electron chi connectivity index (χ1n) is 7.24. The van der Waals surface area contributed by atoms with Crippen LogP contribution in [0.2, 0.25) is 0 Å². The van der Waals surface area contributed by atoms with Gasteiger partial charge in [0.2, 0.25) is 0 Å². The molecule has 1 saturated heterocycles. The smallest absolute Gasteiger partial charge is 0.149 e. The molecule has 2 aliphatic rings. The van der Waals surface area contributed by atoms with Crippen LogP contribution in [0.4, 0.5) is 10.8 Å². The molecule has 5 nitrogen and oxygen atoms in total. The number of aliphatic hydroxyl groups is 1. The number of aliphatic hydroxyl groups excluding tert-OH is 1. The molecule has 0 spiro atoms. The molecule has 2 aromatic heterocycles. The molecule has 21 heavy (non-hydrogen) atoms. The van der Waals surface area contributed by atoms with Crippen molar-refractivity contribution in [1.82, 2.24) is 9.36 Å². The van der Waals surface area contributed by atoms with Crippen molar-refractivity contribution in [1.29, 1.82) is 0 Å². The highest BCUT2D eigenvalue weighted by Gasteiger charge is 2.43. The summed E-state index contributed by atoms with van der Waals surface area (Å²) in [6.07, 6.45) is 1.94. The third kappa shape index (κ3) is 2.15. The molecular formula is C14H18N4OS2. The number of thiazole rings is 1. The molecule has 7 heteroatoms. The van der Waals surface area contributed by atoms with Crippen molar-refractivity contribution in [3.8, 4) is 10.6 Å². The average Bonchev–Trinajstić information content (AvgIpc) is 3.16. The lowest BCUT2D eigenvalue weighted by Gasteiger charge is -2.19. The van der Waals surface area contributed by atoms with Gasteiger partial charge < -0.3 is 15.7 Å². The van der Waals surface area contributed by atoms with Crippen LogP contribution >= 0.6 is 22.9 Å². The Balaban J connectivity index is 1.68. The molecule has 0 aromatic carbocycles. The van der Waals surface area contributed by atoms with E-state index in [1.807, 2.05) is 12.3 Å². The second-order valence-corrected chi connectivity index (χ2v) is 7.63. The molecule has 1 aliphatic heterocycles. The lowest BCUT2D eigenvalue weighted by Crippen LogP contribution is -2.24. The zero-order valence-corrected chi connectivity index (χ0v) is 13.5. The van der Waals surface area contributed by atoms with Crippen LogP contribution in [0.3, 0.4) is 0 Å². The molecule has 0 bridgehead atoms. The molecule has 112 valence electrons. The summed E-state index contributed by atoms with van der Waals surface area (Å²) >= 11 is 3.07. The van der Waals surface area contributed by atoms with Crippen molar-refractivity contribution < 1.29 is 5.11 Å². The van der Waals surface area contributed by atoms with Crippen molar-refractivity contribution in [3.63, 3.8) is 0 Å². The maximum Gasteiger partial charge on any atom is 0.149 e. The first-order chi connectivity index (χ1) is 10.1. The number of rotatable bonds is 2. The largest absolute Gasteiger partial charge is 0.393 e. The van der Waals surface area contributed by atoms with Gasteiger partial charge in [-0.2, -0.15) is 4.37 Å². The monoisotopic (exact) mass is 322 g/mol. The molecule has 2 aromatic rings. The molecule has 0 amide bonds. The zero-order chi connectivity index (χ0) is 14.6. The van der Waals surface area contributed by atoms with Crippen LogP contribution < -0.4 is 10.6 Å². The molecule has 1 saturated carbocycles. The summed E-state index contributed by atoms with van der Waals surface area (Å²) < 4.78 is 4.34. The normalized spacial score (nSPS) is 28.3. The lowest BCUT2D eigenvalue weighted by molar-refractivity contribution is 0.134. The lowest BCUT2D eigenvalue weighted by atomic mass is 10.00. The predicted octanol–water partition coefficient (Wildman–Crippen LogP) is 2.36. The zero-order valence-electron chi connectivity index (χ0n) is 11.8. The van der Waals surface area contributed by atoms with Crippen molar-refractivity contribution in [3.05, 3.63) is 11.1 Å². The molecule has 3 atom stereocenters. The van der Waals surface area contributed by atoms with Crippen LogP contribution in [-0.4, -0.2) is 33.7 Å². The highest BCUT2D eigenvalue weighted by molar-refractivity contribution is 7.15. The van der Waals surface area contributed by atoms with Gasteiger partial charge in [0.25, 0.3) is 0 Å². The van der Waals surface area contributed by atoms with Crippen LogP contribution in [0.25, 0.3) is 10.6 Å². The van der Waals surface area contributed by atoms with Gasteiger partial charge in [0, 0.05) is 30.1 Å². The van der Waals surface area contributed by atoms with Gasteiger partial charge in [-0.25, -0.2) is 4.98 Å². The van der Waals surface area contributed by atoms with Gasteiger partial charge >= 0.3 is 0 Å². The van der Waals surface area contributed by atoms with Crippen LogP contribution in [-0.2, 0) is 0 Å². The van der Waals surface area contributed by atoms with E-state index in [2.05, 4.69) is 14.3 Å². The van der Waals surface area contributed by atoms with E-state index in [9.17, 15) is 5.11 Å². The number of hydrogen-bond donors (Lipinski definition) is 2. The van der Waals surface area contributed by atoms with Gasteiger partial charge in [0.05, 0.1) is 11.7 Å². The van der Waals surface area contributed by atoms with Crippen LogP contribution in [0.15, 0.2) is 5.38 Å². The molecule has 3 heterocycles. The molecule has 3 unspecified atom stereocenters. The number of anilines is 2. The van der Waals surface area contributed by atoms with Crippen LogP contribution in [0, 0.1) is 18.8 Å². The number of fused-ring (bicyclic) bond motifs is 1. The Hall–Kier alpha value is -1.18. The molecule has 3 N–H and O–H groups in total. The summed E-state index contributed by atoms with van der Waals surface area (Å²) in [5, 5.41) is 14.2. The fraction of sp³-hybridized carbons (Fsp3) is 0.571. The Morgan fingerprint density at radius 2 is 2.24 bits per heavy atom. The van der Waals surface area contributed by atoms with E-state index < -0.39 is 0 Å². The van der Waals surface area contributed by atoms with Gasteiger partial charge in [-0.3, -0.25) is 0 Å². The van der Waals surface area contributed by atoms with E-state index in [4.69, 9.17) is 5.73 Å². The quantitative estimate of drug-likeness (QED) is 0.888. The Bertz CT molecular complexity index is 668. The number of nitrogens with two attached hydrogens (primary N) is 1. The highest BCUT2D eigenvalue weighted by Crippen LogP contribution is 2.46. The second-order valence-electron chi connectivity index (χ2n) is 6.02. The van der Waals surface area contributed by atoms with E-state index in [0.717, 1.165) is 47.2 Å². The number of hydrogen-bond acceptors (Lipinski definition) is 7. The van der Waals surface area contributed by atoms with Crippen molar-refractivity contribution in [2.24, 2.45) is 11.8 Å². The Morgan fingerprint density at radius 1 is 1.38 bits per heavy atom. The predicted molar refractivity (Wildman–Crippen MR) is 86.8 cm³/mol. The number of nitrogens with zero attached hydrogens (tertiary/aromatic N) is 3. The molecule has 1 aliphatic carbocycles. The van der Waals surface area contributed by atoms with Crippen LogP contribution in [0.5, 0.6) is 0 Å². The SMILES string of the molecule is Cc1csc(-c2c(N)nsc2N2CC3CCC(O)C3C2)n1. The fourth-order valence-corrected chi connectivity index (χ4v) is 5.33. The summed E-state index contributed by atoms with van der Waals surface area (Å²) in [5.41, 5.74) is 8.08. The minimum Gasteiger partial charge on any atom is -0.393 e. The molecular weight excluding hydrogens is 304 g/mol. The van der Waals surface area contributed by atoms with Gasteiger partial charge in [-0.1, -0.05) is 0 Å². The van der Waals surface area contributed by atoms with Crippen molar-refractivity contribution >= 4 is 33.7 Å². The van der Waals surface area contributed by atoms with Gasteiger partial charge in [0.15, 0.2) is 0 Å². The van der Waals surface area contributed by atoms with E-state index in [-0.39, 0.29) is 6.10 Å². The van der Waals surface area contributed by atoms with Crippen molar-refractivity contribution in [2.75, 3.05) is 23.7 Å². The van der Waals surface area contributed by atoms with Gasteiger partial charge in [0.1, 0.15) is 15.8 Å². The third-order valence-electron chi connectivity index (χ3n) is 4.64. The van der Waals surface area contributed by atoms with Gasteiger partial charge in [-0.05, 0) is 37.2 Å². The molecule has 2 fully saturated rings. The topological polar surface area (TPSA) is 75.3 Å². The van der Waals surface area contributed by atoms with E-state index in [1.165, 1.54) is 11.5 Å². The average molecular weight is 322 g/mol. The highest BCUT2D eigenvalue weighted by atomic mass is 32.1. The molecule has 0 radical (unpaired) electrons. The summed E-state index contributed by atoms with van der Waals surface area (Å²) in [6, 6.07) is 0. The summed E-state index contributed by atoms with van der Waals surface area (Å²) in [5.74, 6) is 1.58. The third-order valence-corrected chi connectivity index (χ3v) is 6.54. The standard InChI is InChI=1S/C14H18N4OS2/c1-7-6-20-13(16-7)11-12(15)17-21-14(11)18-4-8-2-3-10(19)9(8)5-18/h6,8-10,19H,2-5H2,1H3,(H2,15,17). The maximum absolute atomic E-state index is 10.1. The minimum atomic E-state index is -0.143. The number of nitrogen functional groups attached to an aromatic ring is 1. The Kier molecular flexibility index (Phi) is 3.16. The van der Waals surface area contributed by atoms with E-state index >= 15 is 0 Å². The number of aryl methyl sites for hydroxylation is 1. The molecule has 4 rings (SSSR count). The van der Waals surface area contributed by atoms with Crippen LogP contribution in [0.1, 0.15) is 18.5 Å².